The maximum absolute atomic E-state index is 12.8. The number of amides is 2. The molecule has 0 radical (unpaired) electrons. The Labute approximate surface area is 190 Å². The molecule has 2 amide bonds. The van der Waals surface area contributed by atoms with Gasteiger partial charge in [-0.1, -0.05) is 60.7 Å². The Bertz CT molecular complexity index is 914. The SMILES string of the molecule is O=C1OCC[C@@H](C(F)F)N1Cc1ccccc1.O=C[C@@H]1CCOC(=O)N1Cc1ccccc1. The molecule has 176 valence electrons. The highest BCUT2D eigenvalue weighted by Crippen LogP contribution is 2.22. The molecule has 0 unspecified atom stereocenters. The molecule has 4 rings (SSSR count). The van der Waals surface area contributed by atoms with Gasteiger partial charge in [0.15, 0.2) is 0 Å². The summed E-state index contributed by atoms with van der Waals surface area (Å²) in [6, 6.07) is 17.2. The summed E-state index contributed by atoms with van der Waals surface area (Å²) in [5.41, 5.74) is 1.81. The third-order valence-corrected chi connectivity index (χ3v) is 5.39. The third-order valence-electron chi connectivity index (χ3n) is 5.39. The van der Waals surface area contributed by atoms with Gasteiger partial charge in [-0.3, -0.25) is 9.80 Å². The molecule has 2 aliphatic rings. The van der Waals surface area contributed by atoms with E-state index in [4.69, 9.17) is 9.47 Å². The van der Waals surface area contributed by atoms with Crippen molar-refractivity contribution < 1.29 is 32.6 Å². The fourth-order valence-electron chi connectivity index (χ4n) is 3.61. The van der Waals surface area contributed by atoms with Crippen LogP contribution >= 0.6 is 0 Å². The molecule has 2 heterocycles. The largest absolute Gasteiger partial charge is 0.449 e. The van der Waals surface area contributed by atoms with Crippen LogP contribution < -0.4 is 0 Å². The van der Waals surface area contributed by atoms with E-state index in [2.05, 4.69) is 0 Å². The van der Waals surface area contributed by atoms with E-state index in [-0.39, 0.29) is 25.6 Å². The number of aldehydes is 1. The molecule has 0 aliphatic carbocycles. The van der Waals surface area contributed by atoms with Gasteiger partial charge in [-0.25, -0.2) is 18.4 Å². The van der Waals surface area contributed by atoms with Crippen molar-refractivity contribution in [1.82, 2.24) is 9.80 Å². The minimum atomic E-state index is -2.54. The van der Waals surface area contributed by atoms with Gasteiger partial charge in [0.05, 0.1) is 25.3 Å². The predicted molar refractivity (Wildman–Crippen MR) is 116 cm³/mol. The van der Waals surface area contributed by atoms with Crippen LogP contribution in [0.4, 0.5) is 18.4 Å². The molecule has 0 aromatic heterocycles. The Morgan fingerprint density at radius 2 is 1.30 bits per heavy atom. The first-order valence-corrected chi connectivity index (χ1v) is 10.7. The normalized spacial score (nSPS) is 20.5. The van der Waals surface area contributed by atoms with E-state index >= 15 is 0 Å². The van der Waals surface area contributed by atoms with E-state index in [1.807, 2.05) is 48.5 Å². The van der Waals surface area contributed by atoms with Crippen LogP contribution in [0.2, 0.25) is 0 Å². The number of alkyl halides is 2. The predicted octanol–water partition coefficient (Wildman–Crippen LogP) is 4.26. The summed E-state index contributed by atoms with van der Waals surface area (Å²) in [6.07, 6.45) is -2.05. The van der Waals surface area contributed by atoms with Crippen LogP contribution in [0.1, 0.15) is 24.0 Å². The van der Waals surface area contributed by atoms with E-state index in [0.717, 1.165) is 22.3 Å². The van der Waals surface area contributed by atoms with Gasteiger partial charge in [-0.15, -0.1) is 0 Å². The monoisotopic (exact) mass is 460 g/mol. The number of halogens is 2. The number of carbonyl (C=O) groups is 3. The van der Waals surface area contributed by atoms with E-state index in [0.29, 0.717) is 19.6 Å². The molecule has 0 N–H and O–H groups in total. The molecule has 2 aromatic rings. The van der Waals surface area contributed by atoms with Crippen molar-refractivity contribution in [3.63, 3.8) is 0 Å². The zero-order valence-corrected chi connectivity index (χ0v) is 18.0. The zero-order valence-electron chi connectivity index (χ0n) is 18.0. The average Bonchev–Trinajstić information content (AvgIpc) is 2.83. The van der Waals surface area contributed by atoms with E-state index in [1.54, 1.807) is 12.1 Å². The average molecular weight is 460 g/mol. The third kappa shape index (κ3) is 6.74. The van der Waals surface area contributed by atoms with Gasteiger partial charge in [0.1, 0.15) is 6.29 Å². The van der Waals surface area contributed by atoms with Crippen molar-refractivity contribution in [3.8, 4) is 0 Å². The number of rotatable bonds is 6. The summed E-state index contributed by atoms with van der Waals surface area (Å²) in [5.74, 6) is 0. The molecular weight excluding hydrogens is 434 g/mol. The second-order valence-corrected chi connectivity index (χ2v) is 7.64. The highest BCUT2D eigenvalue weighted by Gasteiger charge is 2.35. The van der Waals surface area contributed by atoms with Gasteiger partial charge in [0.25, 0.3) is 6.43 Å². The lowest BCUT2D eigenvalue weighted by Crippen LogP contribution is -2.48. The number of hydrogen-bond donors (Lipinski definition) is 0. The molecule has 0 bridgehead atoms. The quantitative estimate of drug-likeness (QED) is 0.602. The molecule has 2 atom stereocenters. The lowest BCUT2D eigenvalue weighted by atomic mass is 10.1. The second-order valence-electron chi connectivity index (χ2n) is 7.64. The van der Waals surface area contributed by atoms with Crippen LogP contribution in [0, 0.1) is 0 Å². The van der Waals surface area contributed by atoms with E-state index in [9.17, 15) is 23.2 Å². The summed E-state index contributed by atoms with van der Waals surface area (Å²) >= 11 is 0. The Morgan fingerprint density at radius 3 is 1.82 bits per heavy atom. The Balaban J connectivity index is 0.000000186. The maximum atomic E-state index is 12.8. The molecule has 2 aromatic carbocycles. The summed E-state index contributed by atoms with van der Waals surface area (Å²) in [4.78, 5) is 36.4. The molecular formula is C24H26F2N2O5. The van der Waals surface area contributed by atoms with E-state index < -0.39 is 24.7 Å². The number of carbonyl (C=O) groups excluding carboxylic acids is 3. The Kier molecular flexibility index (Phi) is 8.74. The van der Waals surface area contributed by atoms with Gasteiger partial charge in [0, 0.05) is 25.9 Å². The van der Waals surface area contributed by atoms with Crippen LogP contribution in [0.15, 0.2) is 60.7 Å². The molecule has 0 saturated carbocycles. The second kappa shape index (κ2) is 11.9. The minimum Gasteiger partial charge on any atom is -0.449 e. The molecule has 0 spiro atoms. The maximum Gasteiger partial charge on any atom is 0.410 e. The van der Waals surface area contributed by atoms with Crippen molar-refractivity contribution in [2.75, 3.05) is 13.2 Å². The number of ether oxygens (including phenoxy) is 2. The zero-order chi connectivity index (χ0) is 23.6. The van der Waals surface area contributed by atoms with Crippen LogP contribution in [0.3, 0.4) is 0 Å². The van der Waals surface area contributed by atoms with Gasteiger partial charge < -0.3 is 14.3 Å². The molecule has 9 heteroatoms. The lowest BCUT2D eigenvalue weighted by Gasteiger charge is -2.34. The molecule has 2 fully saturated rings. The first-order valence-electron chi connectivity index (χ1n) is 10.7. The van der Waals surface area contributed by atoms with Crippen molar-refractivity contribution in [1.29, 1.82) is 0 Å². The van der Waals surface area contributed by atoms with Crippen molar-refractivity contribution in [2.24, 2.45) is 0 Å². The van der Waals surface area contributed by atoms with Gasteiger partial charge >= 0.3 is 12.2 Å². The van der Waals surface area contributed by atoms with Gasteiger partial charge in [-0.2, -0.15) is 0 Å². The number of benzene rings is 2. The van der Waals surface area contributed by atoms with Crippen molar-refractivity contribution in [2.45, 2.75) is 44.4 Å². The van der Waals surface area contributed by atoms with Crippen molar-refractivity contribution in [3.05, 3.63) is 71.8 Å². The highest BCUT2D eigenvalue weighted by atomic mass is 19.3. The molecule has 7 nitrogen and oxygen atoms in total. The summed E-state index contributed by atoms with van der Waals surface area (Å²) in [5, 5.41) is 0. The first kappa shape index (κ1) is 24.2. The summed E-state index contributed by atoms with van der Waals surface area (Å²) in [6.45, 7) is 0.977. The smallest absolute Gasteiger partial charge is 0.410 e. The standard InChI is InChI=1S/C12H13F2NO2.C12H13NO3/c13-11(14)10-6-7-17-12(16)15(10)8-9-4-2-1-3-5-9;14-9-11-6-7-16-12(15)13(11)8-10-4-2-1-3-5-10/h1-5,10-11H,6-8H2;1-5,9,11H,6-8H2/t10-;11-/m00/s1. The summed E-state index contributed by atoms with van der Waals surface area (Å²) < 4.78 is 35.3. The number of nitrogens with zero attached hydrogens (tertiary/aromatic N) is 2. The fraction of sp³-hybridized carbons (Fsp3) is 0.375. The first-order chi connectivity index (χ1) is 16.0. The van der Waals surface area contributed by atoms with Gasteiger partial charge in [0.2, 0.25) is 0 Å². The topological polar surface area (TPSA) is 76.1 Å². The highest BCUT2D eigenvalue weighted by molar-refractivity contribution is 5.74. The fourth-order valence-corrected chi connectivity index (χ4v) is 3.61. The molecule has 33 heavy (non-hydrogen) atoms. The van der Waals surface area contributed by atoms with Crippen molar-refractivity contribution >= 4 is 18.5 Å². The Morgan fingerprint density at radius 1 is 0.818 bits per heavy atom. The van der Waals surface area contributed by atoms with Crippen LogP contribution in [-0.4, -0.2) is 60.0 Å². The van der Waals surface area contributed by atoms with Gasteiger partial charge in [-0.05, 0) is 11.1 Å². The summed E-state index contributed by atoms with van der Waals surface area (Å²) in [7, 11) is 0. The lowest BCUT2D eigenvalue weighted by molar-refractivity contribution is -0.114. The minimum absolute atomic E-state index is 0.0686. The number of cyclic esters (lactones) is 2. The van der Waals surface area contributed by atoms with Crippen LogP contribution in [-0.2, 0) is 27.4 Å². The van der Waals surface area contributed by atoms with E-state index in [1.165, 1.54) is 4.90 Å². The molecule has 2 aliphatic heterocycles. The van der Waals surface area contributed by atoms with Crippen LogP contribution in [0.5, 0.6) is 0 Å². The van der Waals surface area contributed by atoms with Crippen LogP contribution in [0.25, 0.3) is 0 Å². The Hall–Kier alpha value is -3.49. The molecule has 2 saturated heterocycles. The number of hydrogen-bond acceptors (Lipinski definition) is 5.